The van der Waals surface area contributed by atoms with Crippen LogP contribution in [-0.2, 0) is 25.6 Å². The van der Waals surface area contributed by atoms with Gasteiger partial charge in [0.1, 0.15) is 18.0 Å². The molecule has 0 radical (unpaired) electrons. The number of rotatable bonds is 11. The molecule has 0 aromatic heterocycles. The van der Waals surface area contributed by atoms with Crippen LogP contribution in [0.15, 0.2) is 53.5 Å². The Labute approximate surface area is 216 Å². The fourth-order valence-electron chi connectivity index (χ4n) is 3.58. The van der Waals surface area contributed by atoms with E-state index in [4.69, 9.17) is 30.9 Å². The molecule has 0 fully saturated rings. The van der Waals surface area contributed by atoms with Crippen molar-refractivity contribution in [3.63, 3.8) is 0 Å². The Morgan fingerprint density at radius 2 is 1.89 bits per heavy atom. The molecule has 3 rings (SSSR count). The van der Waals surface area contributed by atoms with E-state index in [2.05, 4.69) is 10.3 Å². The van der Waals surface area contributed by atoms with Crippen molar-refractivity contribution >= 4 is 29.4 Å². The van der Waals surface area contributed by atoms with Crippen LogP contribution in [0.5, 0.6) is 5.75 Å². The third kappa shape index (κ3) is 7.70. The van der Waals surface area contributed by atoms with E-state index in [0.717, 1.165) is 5.56 Å². The average Bonchev–Trinajstić information content (AvgIpc) is 3.27. The maximum Gasteiger partial charge on any atom is 0.306 e. The number of hydrogen-bond acceptors (Lipinski definition) is 7. The number of halogens is 1. The van der Waals surface area contributed by atoms with Crippen molar-refractivity contribution < 1.29 is 28.9 Å². The molecule has 8 nitrogen and oxygen atoms in total. The van der Waals surface area contributed by atoms with E-state index >= 15 is 0 Å². The molecule has 1 aliphatic rings. The summed E-state index contributed by atoms with van der Waals surface area (Å²) in [5.41, 5.74) is -0.459. The van der Waals surface area contributed by atoms with Crippen molar-refractivity contribution in [1.29, 1.82) is 0 Å². The number of carbonyl (C=O) groups is 2. The first-order chi connectivity index (χ1) is 17.1. The number of aliphatic hydroxyl groups is 1. The molecular formula is C27H33ClN2O6. The largest absolute Gasteiger partial charge is 0.494 e. The van der Waals surface area contributed by atoms with Crippen LogP contribution in [0.3, 0.4) is 0 Å². The molecule has 0 aliphatic carbocycles. The predicted molar refractivity (Wildman–Crippen MR) is 137 cm³/mol. The maximum atomic E-state index is 13.4. The van der Waals surface area contributed by atoms with Gasteiger partial charge < -0.3 is 24.6 Å². The Kier molecular flexibility index (Phi) is 9.34. The lowest BCUT2D eigenvalue weighted by atomic mass is 9.94. The topological polar surface area (TPSA) is 106 Å². The third-order valence-corrected chi connectivity index (χ3v) is 5.79. The van der Waals surface area contributed by atoms with Crippen molar-refractivity contribution in [3.8, 4) is 5.75 Å². The van der Waals surface area contributed by atoms with Gasteiger partial charge >= 0.3 is 5.97 Å². The van der Waals surface area contributed by atoms with E-state index in [0.29, 0.717) is 35.3 Å². The molecule has 0 saturated carbocycles. The van der Waals surface area contributed by atoms with Gasteiger partial charge in [-0.15, -0.1) is 0 Å². The first-order valence-corrected chi connectivity index (χ1v) is 12.3. The van der Waals surface area contributed by atoms with Crippen LogP contribution in [0.1, 0.15) is 51.2 Å². The van der Waals surface area contributed by atoms with Gasteiger partial charge in [-0.3, -0.25) is 9.59 Å². The molecule has 0 spiro atoms. The molecule has 36 heavy (non-hydrogen) atoms. The molecule has 1 heterocycles. The summed E-state index contributed by atoms with van der Waals surface area (Å²) >= 11 is 6.23. The van der Waals surface area contributed by atoms with E-state index in [1.54, 1.807) is 51.1 Å². The summed E-state index contributed by atoms with van der Waals surface area (Å²) in [7, 11) is 0. The number of nitrogens with zero attached hydrogens (tertiary/aromatic N) is 1. The number of ether oxygens (including phenoxy) is 3. The molecule has 1 amide bonds. The minimum Gasteiger partial charge on any atom is -0.494 e. The molecule has 2 aromatic rings. The highest BCUT2D eigenvalue weighted by Crippen LogP contribution is 2.29. The molecule has 0 unspecified atom stereocenters. The summed E-state index contributed by atoms with van der Waals surface area (Å²) in [6, 6.07) is 14.4. The maximum absolute atomic E-state index is 13.4. The minimum atomic E-state index is -1.29. The monoisotopic (exact) mass is 516 g/mol. The number of amides is 1. The summed E-state index contributed by atoms with van der Waals surface area (Å²) in [6.07, 6.45) is 0.678. The highest BCUT2D eigenvalue weighted by atomic mass is 35.5. The zero-order chi connectivity index (χ0) is 26.2. The van der Waals surface area contributed by atoms with Crippen molar-refractivity contribution in [1.82, 2.24) is 5.32 Å². The number of benzene rings is 2. The summed E-state index contributed by atoms with van der Waals surface area (Å²) in [5.74, 6) is 0.201. The second-order valence-electron chi connectivity index (χ2n) is 9.55. The SMILES string of the molecule is CC(C)(C)OC(=O)CC[C@]1(C(=O)NCc2ccccc2Cl)COC(c2ccc(OCCCO)cc2)=N1. The normalized spacial score (nSPS) is 17.2. The van der Waals surface area contributed by atoms with Gasteiger partial charge in [0.15, 0.2) is 5.54 Å². The van der Waals surface area contributed by atoms with E-state index in [9.17, 15) is 9.59 Å². The number of carbonyl (C=O) groups excluding carboxylic acids is 2. The van der Waals surface area contributed by atoms with Gasteiger partial charge in [-0.05, 0) is 63.1 Å². The average molecular weight is 517 g/mol. The fourth-order valence-corrected chi connectivity index (χ4v) is 3.79. The van der Waals surface area contributed by atoms with Gasteiger partial charge in [-0.25, -0.2) is 4.99 Å². The molecule has 1 atom stereocenters. The Morgan fingerprint density at radius 1 is 1.17 bits per heavy atom. The van der Waals surface area contributed by atoms with Crippen molar-refractivity contribution in [2.45, 2.75) is 57.7 Å². The number of aliphatic hydroxyl groups excluding tert-OH is 1. The summed E-state index contributed by atoms with van der Waals surface area (Å²) in [4.78, 5) is 30.5. The van der Waals surface area contributed by atoms with Gasteiger partial charge in [-0.2, -0.15) is 0 Å². The van der Waals surface area contributed by atoms with Crippen molar-refractivity contribution in [2.24, 2.45) is 4.99 Å². The summed E-state index contributed by atoms with van der Waals surface area (Å²) < 4.78 is 16.9. The van der Waals surface area contributed by atoms with Crippen LogP contribution in [0.4, 0.5) is 0 Å². The Hall–Kier alpha value is -3.10. The Balaban J connectivity index is 1.77. The quantitative estimate of drug-likeness (QED) is 0.344. The van der Waals surface area contributed by atoms with Crippen molar-refractivity contribution in [2.75, 3.05) is 19.8 Å². The molecule has 194 valence electrons. The van der Waals surface area contributed by atoms with E-state index in [1.165, 1.54) is 0 Å². The fraction of sp³-hybridized carbons (Fsp3) is 0.444. The molecule has 2 aromatic carbocycles. The zero-order valence-corrected chi connectivity index (χ0v) is 21.6. The highest BCUT2D eigenvalue weighted by molar-refractivity contribution is 6.31. The molecule has 1 aliphatic heterocycles. The second kappa shape index (κ2) is 12.2. The van der Waals surface area contributed by atoms with Crippen LogP contribution in [-0.4, -0.2) is 53.8 Å². The van der Waals surface area contributed by atoms with Crippen LogP contribution in [0.2, 0.25) is 5.02 Å². The van der Waals surface area contributed by atoms with E-state index in [-0.39, 0.29) is 38.5 Å². The van der Waals surface area contributed by atoms with Crippen molar-refractivity contribution in [3.05, 3.63) is 64.7 Å². The number of aliphatic imine (C=N–C) groups is 1. The molecule has 9 heteroatoms. The number of hydrogen-bond donors (Lipinski definition) is 2. The van der Waals surface area contributed by atoms with Gasteiger partial charge in [0.2, 0.25) is 5.90 Å². The Bertz CT molecular complexity index is 1080. The molecule has 0 saturated heterocycles. The zero-order valence-electron chi connectivity index (χ0n) is 20.9. The van der Waals surface area contributed by atoms with E-state index < -0.39 is 17.1 Å². The smallest absolute Gasteiger partial charge is 0.306 e. The third-order valence-electron chi connectivity index (χ3n) is 5.42. The van der Waals surface area contributed by atoms with Gasteiger partial charge in [0.25, 0.3) is 5.91 Å². The molecular weight excluding hydrogens is 484 g/mol. The predicted octanol–water partition coefficient (Wildman–Crippen LogP) is 4.06. The lowest BCUT2D eigenvalue weighted by Gasteiger charge is -2.24. The number of esters is 1. The molecule has 0 bridgehead atoms. The highest BCUT2D eigenvalue weighted by Gasteiger charge is 2.44. The lowest BCUT2D eigenvalue weighted by molar-refractivity contribution is -0.155. The van der Waals surface area contributed by atoms with Gasteiger partial charge in [0.05, 0.1) is 6.61 Å². The first kappa shape index (κ1) is 27.5. The van der Waals surface area contributed by atoms with Crippen LogP contribution < -0.4 is 10.1 Å². The summed E-state index contributed by atoms with van der Waals surface area (Å²) in [6.45, 7) is 6.07. The second-order valence-corrected chi connectivity index (χ2v) is 9.95. The van der Waals surface area contributed by atoms with Crippen LogP contribution >= 0.6 is 11.6 Å². The Morgan fingerprint density at radius 3 is 2.56 bits per heavy atom. The van der Waals surface area contributed by atoms with Crippen LogP contribution in [0.25, 0.3) is 0 Å². The number of nitrogens with one attached hydrogen (secondary N) is 1. The standard InChI is InChI=1S/C27H33ClN2O6/c1-26(2,3)36-23(32)13-14-27(25(33)29-17-20-7-4-5-8-22(20)28)18-35-24(30-27)19-9-11-21(12-10-19)34-16-6-15-31/h4-5,7-12,31H,6,13-18H2,1-3H3,(H,29,33)/t27-/m1/s1. The molecule has 2 N–H and O–H groups in total. The minimum absolute atomic E-state index is 0.00572. The summed E-state index contributed by atoms with van der Waals surface area (Å²) in [5, 5.41) is 12.3. The van der Waals surface area contributed by atoms with E-state index in [1.807, 2.05) is 18.2 Å². The lowest BCUT2D eigenvalue weighted by Crippen LogP contribution is -2.47. The van der Waals surface area contributed by atoms with Crippen LogP contribution in [0, 0.1) is 0 Å². The first-order valence-electron chi connectivity index (χ1n) is 11.9. The van der Waals surface area contributed by atoms with Gasteiger partial charge in [0, 0.05) is 36.6 Å². The van der Waals surface area contributed by atoms with Gasteiger partial charge in [-0.1, -0.05) is 29.8 Å².